The molecular formula is C43H59N7O11. The quantitative estimate of drug-likeness (QED) is 0.0922. The lowest BCUT2D eigenvalue weighted by Crippen LogP contribution is -2.45. The van der Waals surface area contributed by atoms with Gasteiger partial charge in [-0.25, -0.2) is 14.4 Å². The summed E-state index contributed by atoms with van der Waals surface area (Å²) in [5.41, 5.74) is 7.69. The van der Waals surface area contributed by atoms with E-state index in [1.807, 2.05) is 12.1 Å². The smallest absolute Gasteiger partial charge is 0.409 e. The van der Waals surface area contributed by atoms with Gasteiger partial charge in [-0.3, -0.25) is 33.7 Å². The number of primary amides is 1. The Labute approximate surface area is 356 Å². The van der Waals surface area contributed by atoms with Gasteiger partial charge in [-0.05, 0) is 73.9 Å². The second-order valence-electron chi connectivity index (χ2n) is 15.6. The van der Waals surface area contributed by atoms with Gasteiger partial charge in [0.05, 0.1) is 11.7 Å². The number of benzene rings is 2. The summed E-state index contributed by atoms with van der Waals surface area (Å²) < 4.78 is 10.2. The Morgan fingerprint density at radius 2 is 1.48 bits per heavy atom. The summed E-state index contributed by atoms with van der Waals surface area (Å²) in [6.45, 7) is 6.72. The SMILES string of the molecule is CC(=O)COC(=O)N(C)CCN(C)C(=O)OCc1ccc(NC(=O)[C@H](CCCNC(N)=O)CC(=O)[C@@H](NC(=O)CCCc2ccc(N3C(=O)CC(C)C3=O)cc2)C(C)C)cc1. The number of nitrogens with one attached hydrogen (secondary N) is 3. The zero-order valence-electron chi connectivity index (χ0n) is 35.8. The first kappa shape index (κ1) is 49.0. The summed E-state index contributed by atoms with van der Waals surface area (Å²) in [7, 11) is 2.99. The van der Waals surface area contributed by atoms with Crippen LogP contribution in [-0.4, -0.2) is 110 Å². The van der Waals surface area contributed by atoms with E-state index in [4.69, 9.17) is 15.2 Å². The largest absolute Gasteiger partial charge is 0.445 e. The molecule has 1 heterocycles. The number of amides is 8. The fraction of sp³-hybridized carbons (Fsp3) is 0.512. The average Bonchev–Trinajstić information content (AvgIpc) is 3.47. The highest BCUT2D eigenvalue weighted by Crippen LogP contribution is 2.27. The molecule has 0 radical (unpaired) electrons. The normalized spacial score (nSPS) is 14.5. The molecule has 1 aliphatic heterocycles. The number of imide groups is 1. The number of anilines is 2. The monoisotopic (exact) mass is 849 g/mol. The lowest BCUT2D eigenvalue weighted by Gasteiger charge is -2.24. The van der Waals surface area contributed by atoms with Gasteiger partial charge in [-0.15, -0.1) is 0 Å². The number of ether oxygens (including phenoxy) is 2. The molecule has 18 heteroatoms. The number of carbonyl (C=O) groups is 9. The lowest BCUT2D eigenvalue weighted by molar-refractivity contribution is -0.131. The number of Topliss-reactive ketones (excluding diaryl/α,β-unsaturated/α-hetero) is 2. The minimum absolute atomic E-state index is 0.0715. The average molecular weight is 850 g/mol. The number of nitrogens with zero attached hydrogens (tertiary/aromatic N) is 3. The summed E-state index contributed by atoms with van der Waals surface area (Å²) in [5.74, 6) is -3.23. The van der Waals surface area contributed by atoms with Crippen LogP contribution in [0.25, 0.3) is 0 Å². The van der Waals surface area contributed by atoms with Crippen molar-refractivity contribution in [3.05, 3.63) is 59.7 Å². The van der Waals surface area contributed by atoms with Crippen LogP contribution in [0.1, 0.15) is 77.3 Å². The van der Waals surface area contributed by atoms with Crippen LogP contribution in [0.3, 0.4) is 0 Å². The van der Waals surface area contributed by atoms with Crippen LogP contribution < -0.4 is 26.6 Å². The number of nitrogens with two attached hydrogens (primary N) is 1. The second-order valence-corrected chi connectivity index (χ2v) is 15.6. The molecule has 3 atom stereocenters. The van der Waals surface area contributed by atoms with Gasteiger partial charge in [0.15, 0.2) is 18.2 Å². The minimum Gasteiger partial charge on any atom is -0.445 e. The van der Waals surface area contributed by atoms with Gasteiger partial charge >= 0.3 is 18.2 Å². The molecule has 0 aromatic heterocycles. The van der Waals surface area contributed by atoms with Crippen LogP contribution in [0.5, 0.6) is 0 Å². The number of rotatable bonds is 23. The third kappa shape index (κ3) is 16.3. The molecule has 0 aliphatic carbocycles. The zero-order chi connectivity index (χ0) is 45.2. The van der Waals surface area contributed by atoms with E-state index in [2.05, 4.69) is 16.0 Å². The first-order chi connectivity index (χ1) is 28.9. The minimum atomic E-state index is -0.847. The Bertz CT molecular complexity index is 1890. The summed E-state index contributed by atoms with van der Waals surface area (Å²) >= 11 is 0. The molecule has 0 saturated carbocycles. The van der Waals surface area contributed by atoms with Gasteiger partial charge in [0, 0.05) is 70.5 Å². The molecule has 1 fully saturated rings. The number of urea groups is 1. The highest BCUT2D eigenvalue weighted by Gasteiger charge is 2.36. The molecule has 3 rings (SSSR count). The van der Waals surface area contributed by atoms with Crippen molar-refractivity contribution < 1.29 is 52.6 Å². The van der Waals surface area contributed by atoms with Gasteiger partial charge in [-0.2, -0.15) is 0 Å². The Morgan fingerprint density at radius 3 is 2.03 bits per heavy atom. The Balaban J connectivity index is 1.52. The molecule has 61 heavy (non-hydrogen) atoms. The van der Waals surface area contributed by atoms with Gasteiger partial charge < -0.3 is 41.0 Å². The van der Waals surface area contributed by atoms with Gasteiger partial charge in [0.2, 0.25) is 23.6 Å². The Hall–Kier alpha value is -6.33. The van der Waals surface area contributed by atoms with E-state index in [-0.39, 0.29) is 99.7 Å². The number of ketones is 2. The van der Waals surface area contributed by atoms with Crippen molar-refractivity contribution in [2.75, 3.05) is 50.6 Å². The van der Waals surface area contributed by atoms with E-state index in [1.54, 1.807) is 57.2 Å². The second kappa shape index (κ2) is 24.1. The number of hydrogen-bond acceptors (Lipinski definition) is 11. The third-order valence-electron chi connectivity index (χ3n) is 9.99. The van der Waals surface area contributed by atoms with E-state index in [0.717, 1.165) is 5.56 Å². The van der Waals surface area contributed by atoms with E-state index < -0.39 is 36.1 Å². The molecular weight excluding hydrogens is 791 g/mol. The Kier molecular flexibility index (Phi) is 19.3. The van der Waals surface area contributed by atoms with Crippen LogP contribution in [0, 0.1) is 17.8 Å². The maximum atomic E-state index is 13.7. The maximum absolute atomic E-state index is 13.7. The molecule has 1 saturated heterocycles. The summed E-state index contributed by atoms with van der Waals surface area (Å²) in [5, 5.41) is 8.17. The maximum Gasteiger partial charge on any atom is 0.409 e. The van der Waals surface area contributed by atoms with E-state index in [0.29, 0.717) is 36.2 Å². The molecule has 5 N–H and O–H groups in total. The number of hydrogen-bond donors (Lipinski definition) is 4. The predicted octanol–water partition coefficient (Wildman–Crippen LogP) is 3.94. The van der Waals surface area contributed by atoms with Crippen LogP contribution in [0.4, 0.5) is 25.8 Å². The van der Waals surface area contributed by atoms with Crippen molar-refractivity contribution in [1.82, 2.24) is 20.4 Å². The molecule has 18 nitrogen and oxygen atoms in total. The van der Waals surface area contributed by atoms with Gasteiger partial charge in [0.25, 0.3) is 0 Å². The summed E-state index contributed by atoms with van der Waals surface area (Å²) in [6, 6.07) is 12.1. The van der Waals surface area contributed by atoms with Crippen LogP contribution >= 0.6 is 0 Å². The topological polar surface area (TPSA) is 244 Å². The predicted molar refractivity (Wildman–Crippen MR) is 225 cm³/mol. The van der Waals surface area contributed by atoms with Crippen molar-refractivity contribution in [1.29, 1.82) is 0 Å². The highest BCUT2D eigenvalue weighted by molar-refractivity contribution is 6.20. The standard InChI is InChI=1S/C43H59N7O11/c1-27(2)38(47-36(53)11-7-9-30-14-18-34(19-15-30)50-37(54)23-28(3)40(50)56)35(52)24-32(10-8-20-45-41(44)57)39(55)46-33-16-12-31(13-17-33)26-61-43(59)49(6)22-21-48(5)42(58)60-25-29(4)51/h12-19,27-28,32,38H,7-11,20-26H2,1-6H3,(H,46,55)(H,47,53)(H3,44,45,57)/t28?,32-,38+/m1/s1. The lowest BCUT2D eigenvalue weighted by atomic mass is 9.89. The molecule has 0 bridgehead atoms. The molecule has 0 spiro atoms. The molecule has 2 aromatic carbocycles. The zero-order valence-corrected chi connectivity index (χ0v) is 35.8. The van der Waals surface area contributed by atoms with Crippen LogP contribution in [0.15, 0.2) is 48.5 Å². The Morgan fingerprint density at radius 1 is 0.869 bits per heavy atom. The summed E-state index contributed by atoms with van der Waals surface area (Å²) in [6.07, 6.45) is 0.481. The molecule has 1 aliphatic rings. The third-order valence-corrected chi connectivity index (χ3v) is 9.99. The summed E-state index contributed by atoms with van der Waals surface area (Å²) in [4.78, 5) is 115. The molecule has 1 unspecified atom stereocenters. The fourth-order valence-electron chi connectivity index (χ4n) is 6.38. The number of carbonyl (C=O) groups excluding carboxylic acids is 9. The first-order valence-electron chi connectivity index (χ1n) is 20.3. The molecule has 2 aromatic rings. The first-order valence-corrected chi connectivity index (χ1v) is 20.3. The van der Waals surface area contributed by atoms with Gasteiger partial charge in [-0.1, -0.05) is 45.0 Å². The van der Waals surface area contributed by atoms with Crippen molar-refractivity contribution in [3.8, 4) is 0 Å². The van der Waals surface area contributed by atoms with Crippen LogP contribution in [0.2, 0.25) is 0 Å². The highest BCUT2D eigenvalue weighted by atomic mass is 16.6. The fourth-order valence-corrected chi connectivity index (χ4v) is 6.38. The van der Waals surface area contributed by atoms with E-state index in [9.17, 15) is 43.2 Å². The van der Waals surface area contributed by atoms with Crippen molar-refractivity contribution in [2.45, 2.75) is 85.3 Å². The van der Waals surface area contributed by atoms with Crippen molar-refractivity contribution in [2.24, 2.45) is 23.5 Å². The number of likely N-dealkylation sites (N-methyl/N-ethyl adjacent to an activating group) is 2. The van der Waals surface area contributed by atoms with Gasteiger partial charge in [0.1, 0.15) is 6.61 Å². The van der Waals surface area contributed by atoms with Crippen molar-refractivity contribution >= 4 is 64.8 Å². The molecule has 332 valence electrons. The van der Waals surface area contributed by atoms with Crippen molar-refractivity contribution in [3.63, 3.8) is 0 Å². The van der Waals surface area contributed by atoms with Crippen LogP contribution in [-0.2, 0) is 51.3 Å². The van der Waals surface area contributed by atoms with E-state index in [1.165, 1.54) is 35.7 Å². The number of aryl methyl sites for hydroxylation is 1. The van der Waals surface area contributed by atoms with E-state index >= 15 is 0 Å². The molecule has 8 amide bonds.